The summed E-state index contributed by atoms with van der Waals surface area (Å²) in [4.78, 5) is 18.0. The van der Waals surface area contributed by atoms with Gasteiger partial charge in [-0.25, -0.2) is 0 Å². The molecule has 4 nitrogen and oxygen atoms in total. The second-order valence-electron chi connectivity index (χ2n) is 6.27. The lowest BCUT2D eigenvalue weighted by atomic mass is 10.1. The average Bonchev–Trinajstić information content (AvgIpc) is 2.77. The van der Waals surface area contributed by atoms with Crippen LogP contribution in [0, 0.1) is 19.8 Å². The number of aromatic nitrogens is 1. The highest BCUT2D eigenvalue weighted by Crippen LogP contribution is 2.23. The van der Waals surface area contributed by atoms with Crippen molar-refractivity contribution >= 4 is 16.8 Å². The van der Waals surface area contributed by atoms with Gasteiger partial charge in [0.05, 0.1) is 6.61 Å². The summed E-state index contributed by atoms with van der Waals surface area (Å²) in [5, 5.41) is 1.12. The summed E-state index contributed by atoms with van der Waals surface area (Å²) in [5.41, 5.74) is 4.18. The number of ether oxygens (including phenoxy) is 1. The lowest BCUT2D eigenvalue weighted by Gasteiger charge is -2.24. The summed E-state index contributed by atoms with van der Waals surface area (Å²) < 4.78 is 5.13. The molecule has 1 aromatic carbocycles. The van der Waals surface area contributed by atoms with Crippen molar-refractivity contribution < 1.29 is 9.53 Å². The third-order valence-electron chi connectivity index (χ3n) is 3.99. The number of benzene rings is 1. The van der Waals surface area contributed by atoms with Crippen molar-refractivity contribution in [2.75, 3.05) is 26.8 Å². The number of rotatable bonds is 6. The second-order valence-corrected chi connectivity index (χ2v) is 6.27. The van der Waals surface area contributed by atoms with Gasteiger partial charge in [-0.3, -0.25) is 4.79 Å². The number of amides is 1. The summed E-state index contributed by atoms with van der Waals surface area (Å²) in [6, 6.07) is 5.89. The van der Waals surface area contributed by atoms with Gasteiger partial charge in [-0.2, -0.15) is 0 Å². The Morgan fingerprint density at radius 1 is 1.32 bits per heavy atom. The predicted octanol–water partition coefficient (Wildman–Crippen LogP) is 3.53. The lowest BCUT2D eigenvalue weighted by molar-refractivity contribution is 0.0672. The van der Waals surface area contributed by atoms with E-state index < -0.39 is 0 Å². The molecule has 0 aliphatic carbocycles. The summed E-state index contributed by atoms with van der Waals surface area (Å²) in [6.45, 7) is 10.3. The van der Waals surface area contributed by atoms with Crippen LogP contribution in [0.25, 0.3) is 10.9 Å². The number of hydrogen-bond donors (Lipinski definition) is 1. The Bertz CT molecular complexity index is 658. The Balaban J connectivity index is 2.30. The van der Waals surface area contributed by atoms with Crippen LogP contribution in [0.4, 0.5) is 0 Å². The van der Waals surface area contributed by atoms with Gasteiger partial charge in [0, 0.05) is 42.4 Å². The van der Waals surface area contributed by atoms with E-state index in [1.807, 2.05) is 23.1 Å². The molecule has 0 aliphatic rings. The standard InChI is InChI=1S/C18H26N2O2/c1-12(2)11-20(8-9-22-5)18(21)15-6-7-17-16(10-15)13(3)14(4)19-17/h6-7,10,12,19H,8-9,11H2,1-5H3. The first-order valence-electron chi connectivity index (χ1n) is 7.81. The molecule has 0 saturated carbocycles. The quantitative estimate of drug-likeness (QED) is 0.887. The summed E-state index contributed by atoms with van der Waals surface area (Å²) >= 11 is 0. The van der Waals surface area contributed by atoms with Crippen LogP contribution in [0.3, 0.4) is 0 Å². The van der Waals surface area contributed by atoms with E-state index in [2.05, 4.69) is 32.7 Å². The van der Waals surface area contributed by atoms with Crippen molar-refractivity contribution in [1.82, 2.24) is 9.88 Å². The number of carbonyl (C=O) groups excluding carboxylic acids is 1. The number of aryl methyl sites for hydroxylation is 2. The zero-order valence-electron chi connectivity index (χ0n) is 14.2. The number of carbonyl (C=O) groups is 1. The van der Waals surface area contributed by atoms with Gasteiger partial charge in [0.25, 0.3) is 5.91 Å². The van der Waals surface area contributed by atoms with E-state index in [1.165, 1.54) is 5.56 Å². The molecule has 0 unspecified atom stereocenters. The van der Waals surface area contributed by atoms with Crippen LogP contribution in [-0.2, 0) is 4.74 Å². The zero-order chi connectivity index (χ0) is 16.3. The molecule has 0 spiro atoms. The second kappa shape index (κ2) is 6.97. The number of H-pyrrole nitrogens is 1. The zero-order valence-corrected chi connectivity index (χ0v) is 14.2. The van der Waals surface area contributed by atoms with Crippen LogP contribution in [0.1, 0.15) is 35.5 Å². The molecule has 2 aromatic rings. The smallest absolute Gasteiger partial charge is 0.253 e. The number of nitrogens with zero attached hydrogens (tertiary/aromatic N) is 1. The molecule has 0 bridgehead atoms. The summed E-state index contributed by atoms with van der Waals surface area (Å²) in [5.74, 6) is 0.506. The molecule has 0 radical (unpaired) electrons. The fraction of sp³-hybridized carbons (Fsp3) is 0.500. The molecular formula is C18H26N2O2. The molecule has 2 rings (SSSR count). The van der Waals surface area contributed by atoms with Crippen LogP contribution in [0.2, 0.25) is 0 Å². The third-order valence-corrected chi connectivity index (χ3v) is 3.99. The van der Waals surface area contributed by atoms with Crippen molar-refractivity contribution in [1.29, 1.82) is 0 Å². The Morgan fingerprint density at radius 2 is 2.05 bits per heavy atom. The number of aromatic amines is 1. The van der Waals surface area contributed by atoms with Crippen molar-refractivity contribution in [3.63, 3.8) is 0 Å². The highest BCUT2D eigenvalue weighted by molar-refractivity contribution is 5.99. The molecule has 1 amide bonds. The molecule has 1 N–H and O–H groups in total. The van der Waals surface area contributed by atoms with Gasteiger partial charge in [0.2, 0.25) is 0 Å². The van der Waals surface area contributed by atoms with E-state index in [9.17, 15) is 4.79 Å². The molecule has 0 fully saturated rings. The van der Waals surface area contributed by atoms with E-state index in [0.29, 0.717) is 19.1 Å². The first-order chi connectivity index (χ1) is 10.4. The van der Waals surface area contributed by atoms with Crippen molar-refractivity contribution in [3.05, 3.63) is 35.0 Å². The third kappa shape index (κ3) is 3.50. The lowest BCUT2D eigenvalue weighted by Crippen LogP contribution is -2.36. The first-order valence-corrected chi connectivity index (χ1v) is 7.81. The van der Waals surface area contributed by atoms with Crippen LogP contribution < -0.4 is 0 Å². The molecule has 0 atom stereocenters. The van der Waals surface area contributed by atoms with Crippen molar-refractivity contribution in [2.24, 2.45) is 5.92 Å². The number of fused-ring (bicyclic) bond motifs is 1. The van der Waals surface area contributed by atoms with Crippen LogP contribution in [0.5, 0.6) is 0 Å². The maximum Gasteiger partial charge on any atom is 0.253 e. The topological polar surface area (TPSA) is 45.3 Å². The average molecular weight is 302 g/mol. The van der Waals surface area contributed by atoms with Gasteiger partial charge in [-0.15, -0.1) is 0 Å². The minimum Gasteiger partial charge on any atom is -0.383 e. The molecule has 22 heavy (non-hydrogen) atoms. The Hall–Kier alpha value is -1.81. The molecule has 1 aromatic heterocycles. The van der Waals surface area contributed by atoms with Gasteiger partial charge >= 0.3 is 0 Å². The molecule has 0 saturated heterocycles. The monoisotopic (exact) mass is 302 g/mol. The van der Waals surface area contributed by atoms with Gasteiger partial charge in [0.1, 0.15) is 0 Å². The number of hydrogen-bond acceptors (Lipinski definition) is 2. The molecule has 1 heterocycles. The Morgan fingerprint density at radius 3 is 2.68 bits per heavy atom. The fourth-order valence-electron chi connectivity index (χ4n) is 2.69. The van der Waals surface area contributed by atoms with Gasteiger partial charge in [-0.05, 0) is 43.5 Å². The minimum absolute atomic E-state index is 0.0749. The van der Waals surface area contributed by atoms with Crippen molar-refractivity contribution in [2.45, 2.75) is 27.7 Å². The fourth-order valence-corrected chi connectivity index (χ4v) is 2.69. The van der Waals surface area contributed by atoms with Crippen molar-refractivity contribution in [3.8, 4) is 0 Å². The van der Waals surface area contributed by atoms with Gasteiger partial charge in [-0.1, -0.05) is 13.8 Å². The van der Waals surface area contributed by atoms with Crippen LogP contribution in [-0.4, -0.2) is 42.6 Å². The Labute approximate surface area is 132 Å². The molecule has 0 aliphatic heterocycles. The highest BCUT2D eigenvalue weighted by Gasteiger charge is 2.18. The largest absolute Gasteiger partial charge is 0.383 e. The first kappa shape index (κ1) is 16.6. The van der Waals surface area contributed by atoms with E-state index in [0.717, 1.165) is 28.7 Å². The summed E-state index contributed by atoms with van der Waals surface area (Å²) in [6.07, 6.45) is 0. The maximum absolute atomic E-state index is 12.8. The summed E-state index contributed by atoms with van der Waals surface area (Å²) in [7, 11) is 1.66. The Kier molecular flexibility index (Phi) is 5.24. The van der Waals surface area contributed by atoms with Crippen LogP contribution in [0.15, 0.2) is 18.2 Å². The van der Waals surface area contributed by atoms with E-state index in [4.69, 9.17) is 4.74 Å². The van der Waals surface area contributed by atoms with Gasteiger partial charge in [0.15, 0.2) is 0 Å². The highest BCUT2D eigenvalue weighted by atomic mass is 16.5. The van der Waals surface area contributed by atoms with E-state index in [1.54, 1.807) is 7.11 Å². The van der Waals surface area contributed by atoms with Crippen LogP contribution >= 0.6 is 0 Å². The molecule has 4 heteroatoms. The normalized spacial score (nSPS) is 11.4. The molecular weight excluding hydrogens is 276 g/mol. The predicted molar refractivity (Wildman–Crippen MR) is 90.4 cm³/mol. The minimum atomic E-state index is 0.0749. The number of nitrogens with one attached hydrogen (secondary N) is 1. The SMILES string of the molecule is COCCN(CC(C)C)C(=O)c1ccc2[nH]c(C)c(C)c2c1. The number of methoxy groups -OCH3 is 1. The van der Waals surface area contributed by atoms with E-state index in [-0.39, 0.29) is 5.91 Å². The maximum atomic E-state index is 12.8. The van der Waals surface area contributed by atoms with Gasteiger partial charge < -0.3 is 14.6 Å². The molecule has 120 valence electrons. The van der Waals surface area contributed by atoms with E-state index >= 15 is 0 Å².